The minimum atomic E-state index is -0.130. The van der Waals surface area contributed by atoms with Crippen molar-refractivity contribution in [1.82, 2.24) is 0 Å². The van der Waals surface area contributed by atoms with Gasteiger partial charge in [-0.05, 0) is 93.2 Å². The summed E-state index contributed by atoms with van der Waals surface area (Å²) in [5.74, 6) is 0. The lowest BCUT2D eigenvalue weighted by Gasteiger charge is -2.30. The Hall–Kier alpha value is -6.16. The van der Waals surface area contributed by atoms with E-state index >= 15 is 0 Å². The number of nitrogens with zero attached hydrogens (tertiary/aromatic N) is 1. The summed E-state index contributed by atoms with van der Waals surface area (Å²) in [6, 6.07) is 60.1. The number of para-hydroxylation sites is 1. The molecule has 1 aliphatic carbocycles. The summed E-state index contributed by atoms with van der Waals surface area (Å²) in [7, 11) is 0. The summed E-state index contributed by atoms with van der Waals surface area (Å²) in [4.78, 5) is 2.48. The lowest BCUT2D eigenvalue weighted by molar-refractivity contribution is 0.660. The highest BCUT2D eigenvalue weighted by Gasteiger charge is 2.36. The predicted octanol–water partition coefficient (Wildman–Crippen LogP) is 14.6. The normalized spacial score (nSPS) is 13.3. The standard InChI is InChI=1S/C49H33NOS/c1-49(2)40-16-8-5-13-35(40)36-23-21-33(28-41(36)49)50(34-22-24-38-37-14-7-10-18-45(37)52-46(38)29-34)42-25-26-44-48(39-15-6-9-17-43(39)51-44)47(42)32-20-19-30-11-3-4-12-31(30)27-32/h3-29H,1-2H3. The zero-order chi connectivity index (χ0) is 34.6. The van der Waals surface area contributed by atoms with Crippen molar-refractivity contribution in [1.29, 1.82) is 0 Å². The van der Waals surface area contributed by atoms with Crippen LogP contribution in [0.4, 0.5) is 17.1 Å². The molecule has 0 radical (unpaired) electrons. The van der Waals surface area contributed by atoms with Gasteiger partial charge in [-0.1, -0.05) is 123 Å². The van der Waals surface area contributed by atoms with Crippen LogP contribution in [0.3, 0.4) is 0 Å². The third-order valence-corrected chi connectivity index (χ3v) is 12.4. The van der Waals surface area contributed by atoms with Gasteiger partial charge in [-0.25, -0.2) is 0 Å². The largest absolute Gasteiger partial charge is 0.456 e. The van der Waals surface area contributed by atoms with Gasteiger partial charge in [0.1, 0.15) is 11.2 Å². The SMILES string of the molecule is CC1(C)c2ccccc2-c2ccc(N(c3ccc4c(c3)sc3ccccc34)c3ccc4oc5ccccc5c4c3-c3ccc4ccccc4c3)cc21. The van der Waals surface area contributed by atoms with Crippen molar-refractivity contribution in [3.8, 4) is 22.3 Å². The molecule has 11 rings (SSSR count). The van der Waals surface area contributed by atoms with Crippen LogP contribution in [0.5, 0.6) is 0 Å². The van der Waals surface area contributed by atoms with Gasteiger partial charge in [-0.15, -0.1) is 11.3 Å². The quantitative estimate of drug-likeness (QED) is 0.184. The second-order valence-corrected chi connectivity index (χ2v) is 15.6. The van der Waals surface area contributed by atoms with Crippen molar-refractivity contribution in [3.63, 3.8) is 0 Å². The Labute approximate surface area is 305 Å². The Morgan fingerprint density at radius 2 is 1.21 bits per heavy atom. The average molecular weight is 684 g/mol. The Morgan fingerprint density at radius 1 is 0.500 bits per heavy atom. The van der Waals surface area contributed by atoms with Crippen molar-refractivity contribution < 1.29 is 4.42 Å². The molecule has 8 aromatic carbocycles. The zero-order valence-electron chi connectivity index (χ0n) is 28.9. The van der Waals surface area contributed by atoms with E-state index in [0.717, 1.165) is 50.1 Å². The second-order valence-electron chi connectivity index (χ2n) is 14.5. The monoisotopic (exact) mass is 683 g/mol. The first kappa shape index (κ1) is 29.6. The first-order valence-electron chi connectivity index (χ1n) is 17.9. The van der Waals surface area contributed by atoms with Crippen LogP contribution in [-0.4, -0.2) is 0 Å². The fourth-order valence-corrected chi connectivity index (χ4v) is 9.88. The second kappa shape index (κ2) is 10.9. The van der Waals surface area contributed by atoms with Gasteiger partial charge in [0.25, 0.3) is 0 Å². The number of thiophene rings is 1. The van der Waals surface area contributed by atoms with Crippen molar-refractivity contribution in [2.75, 3.05) is 4.90 Å². The topological polar surface area (TPSA) is 16.4 Å². The molecular weight excluding hydrogens is 651 g/mol. The molecule has 0 spiro atoms. The number of fused-ring (bicyclic) bond motifs is 10. The molecule has 0 saturated carbocycles. The minimum Gasteiger partial charge on any atom is -0.456 e. The van der Waals surface area contributed by atoms with Crippen LogP contribution < -0.4 is 4.90 Å². The Morgan fingerprint density at radius 3 is 2.13 bits per heavy atom. The minimum absolute atomic E-state index is 0.130. The van der Waals surface area contributed by atoms with Crippen LogP contribution >= 0.6 is 11.3 Å². The molecule has 3 heteroatoms. The predicted molar refractivity (Wildman–Crippen MR) is 222 cm³/mol. The third kappa shape index (κ3) is 4.23. The lowest BCUT2D eigenvalue weighted by Crippen LogP contribution is -2.17. The van der Waals surface area contributed by atoms with Gasteiger partial charge >= 0.3 is 0 Å². The van der Waals surface area contributed by atoms with Gasteiger partial charge in [0.2, 0.25) is 0 Å². The molecule has 0 unspecified atom stereocenters. The van der Waals surface area contributed by atoms with Crippen LogP contribution in [0, 0.1) is 0 Å². The van der Waals surface area contributed by atoms with Gasteiger partial charge in [0, 0.05) is 53.3 Å². The maximum Gasteiger partial charge on any atom is 0.136 e. The third-order valence-electron chi connectivity index (χ3n) is 11.2. The molecule has 0 aliphatic heterocycles. The van der Waals surface area contributed by atoms with E-state index in [1.807, 2.05) is 11.3 Å². The van der Waals surface area contributed by atoms with Crippen LogP contribution in [0.1, 0.15) is 25.0 Å². The van der Waals surface area contributed by atoms with Crippen molar-refractivity contribution >= 4 is 81.3 Å². The number of benzene rings is 8. The van der Waals surface area contributed by atoms with Gasteiger partial charge in [0.15, 0.2) is 0 Å². The molecular formula is C49H33NOS. The van der Waals surface area contributed by atoms with E-state index < -0.39 is 0 Å². The molecule has 10 aromatic rings. The maximum atomic E-state index is 6.55. The summed E-state index contributed by atoms with van der Waals surface area (Å²) in [5, 5.41) is 7.29. The Balaban J connectivity index is 1.23. The number of hydrogen-bond acceptors (Lipinski definition) is 3. The van der Waals surface area contributed by atoms with Crippen LogP contribution in [-0.2, 0) is 5.41 Å². The van der Waals surface area contributed by atoms with E-state index in [4.69, 9.17) is 4.42 Å². The van der Waals surface area contributed by atoms with Crippen molar-refractivity contribution in [3.05, 3.63) is 175 Å². The Kier molecular flexibility index (Phi) is 6.21. The fourth-order valence-electron chi connectivity index (χ4n) is 8.74. The molecule has 246 valence electrons. The summed E-state index contributed by atoms with van der Waals surface area (Å²) in [5.41, 5.74) is 12.7. The summed E-state index contributed by atoms with van der Waals surface area (Å²) in [6.45, 7) is 4.72. The fraction of sp³-hybridized carbons (Fsp3) is 0.0612. The molecule has 0 N–H and O–H groups in total. The smallest absolute Gasteiger partial charge is 0.136 e. The van der Waals surface area contributed by atoms with E-state index in [-0.39, 0.29) is 5.41 Å². The molecule has 0 fully saturated rings. The van der Waals surface area contributed by atoms with E-state index in [1.54, 1.807) is 0 Å². The van der Waals surface area contributed by atoms with E-state index in [0.29, 0.717) is 0 Å². The van der Waals surface area contributed by atoms with Gasteiger partial charge < -0.3 is 9.32 Å². The van der Waals surface area contributed by atoms with Crippen LogP contribution in [0.25, 0.3) is 75.1 Å². The molecule has 2 nitrogen and oxygen atoms in total. The van der Waals surface area contributed by atoms with Crippen LogP contribution in [0.15, 0.2) is 168 Å². The van der Waals surface area contributed by atoms with Crippen LogP contribution in [0.2, 0.25) is 0 Å². The average Bonchev–Trinajstić information content (AvgIpc) is 3.82. The maximum absolute atomic E-state index is 6.55. The molecule has 0 bridgehead atoms. The van der Waals surface area contributed by atoms with Crippen molar-refractivity contribution in [2.24, 2.45) is 0 Å². The van der Waals surface area contributed by atoms with E-state index in [9.17, 15) is 0 Å². The number of furan rings is 1. The van der Waals surface area contributed by atoms with E-state index in [2.05, 4.69) is 183 Å². The summed E-state index contributed by atoms with van der Waals surface area (Å²) < 4.78 is 9.13. The lowest BCUT2D eigenvalue weighted by atomic mass is 9.82. The summed E-state index contributed by atoms with van der Waals surface area (Å²) >= 11 is 1.86. The first-order chi connectivity index (χ1) is 25.5. The van der Waals surface area contributed by atoms with Gasteiger partial charge in [-0.3, -0.25) is 0 Å². The first-order valence-corrected chi connectivity index (χ1v) is 18.7. The van der Waals surface area contributed by atoms with Gasteiger partial charge in [-0.2, -0.15) is 0 Å². The number of rotatable bonds is 4. The van der Waals surface area contributed by atoms with Crippen molar-refractivity contribution in [2.45, 2.75) is 19.3 Å². The van der Waals surface area contributed by atoms with Gasteiger partial charge in [0.05, 0.1) is 5.69 Å². The highest BCUT2D eigenvalue weighted by molar-refractivity contribution is 7.25. The molecule has 52 heavy (non-hydrogen) atoms. The Bertz CT molecular complexity index is 3070. The molecule has 1 aliphatic rings. The molecule has 2 aromatic heterocycles. The number of anilines is 3. The molecule has 0 saturated heterocycles. The highest BCUT2D eigenvalue weighted by atomic mass is 32.1. The molecule has 2 heterocycles. The summed E-state index contributed by atoms with van der Waals surface area (Å²) in [6.07, 6.45) is 0. The molecule has 0 amide bonds. The zero-order valence-corrected chi connectivity index (χ0v) is 29.7. The molecule has 0 atom stereocenters. The number of hydrogen-bond donors (Lipinski definition) is 0. The highest BCUT2D eigenvalue weighted by Crippen LogP contribution is 2.53. The van der Waals surface area contributed by atoms with E-state index in [1.165, 1.54) is 53.2 Å².